The van der Waals surface area contributed by atoms with Gasteiger partial charge in [-0.25, -0.2) is 0 Å². The second-order valence-electron chi connectivity index (χ2n) is 2.79. The van der Waals surface area contributed by atoms with Gasteiger partial charge in [-0.05, 0) is 0 Å². The van der Waals surface area contributed by atoms with Gasteiger partial charge in [0.25, 0.3) is 0 Å². The summed E-state index contributed by atoms with van der Waals surface area (Å²) in [6.45, 7) is 3.24. The molecule has 4 nitrogen and oxygen atoms in total. The smallest absolute Gasteiger partial charge is 0.110 e. The Morgan fingerprint density at radius 3 is 3.00 bits per heavy atom. The molecule has 0 saturated carbocycles. The Kier molecular flexibility index (Phi) is 3.53. The van der Waals surface area contributed by atoms with Crippen molar-refractivity contribution in [1.29, 1.82) is 10.5 Å². The van der Waals surface area contributed by atoms with Crippen molar-refractivity contribution >= 4 is 0 Å². The van der Waals surface area contributed by atoms with Crippen molar-refractivity contribution in [3.05, 3.63) is 0 Å². The van der Waals surface area contributed by atoms with E-state index < -0.39 is 0 Å². The Hall–Kier alpha value is -1.10. The van der Waals surface area contributed by atoms with Crippen LogP contribution in [0.3, 0.4) is 0 Å². The maximum Gasteiger partial charge on any atom is 0.110 e. The fourth-order valence-electron chi connectivity index (χ4n) is 1.33. The minimum atomic E-state index is -0.0490. The van der Waals surface area contributed by atoms with Gasteiger partial charge in [-0.15, -0.1) is 0 Å². The van der Waals surface area contributed by atoms with Gasteiger partial charge >= 0.3 is 0 Å². The molecule has 0 amide bonds. The van der Waals surface area contributed by atoms with Crippen LogP contribution in [0.25, 0.3) is 0 Å². The van der Waals surface area contributed by atoms with Crippen LogP contribution in [-0.4, -0.2) is 37.1 Å². The number of piperazine rings is 1. The quantitative estimate of drug-likeness (QED) is 0.608. The third-order valence-corrected chi connectivity index (χ3v) is 2.01. The highest BCUT2D eigenvalue weighted by atomic mass is 15.2. The summed E-state index contributed by atoms with van der Waals surface area (Å²) in [5, 5.41) is 20.3. The maximum absolute atomic E-state index is 8.75. The number of nitriles is 2. The third-order valence-electron chi connectivity index (χ3n) is 2.01. The zero-order valence-electron chi connectivity index (χ0n) is 6.95. The molecule has 0 aromatic carbocycles. The summed E-state index contributed by atoms with van der Waals surface area (Å²) in [6.07, 6.45) is 0.512. The lowest BCUT2D eigenvalue weighted by molar-refractivity contribution is 0.202. The van der Waals surface area contributed by atoms with Gasteiger partial charge in [-0.2, -0.15) is 10.5 Å². The Bertz CT molecular complexity index is 212. The van der Waals surface area contributed by atoms with E-state index in [0.29, 0.717) is 6.42 Å². The molecule has 1 saturated heterocycles. The van der Waals surface area contributed by atoms with Crippen LogP contribution in [0.1, 0.15) is 6.42 Å². The Labute approximate surface area is 72.4 Å². The van der Waals surface area contributed by atoms with Crippen molar-refractivity contribution in [1.82, 2.24) is 10.2 Å². The Balaban J connectivity index is 2.38. The van der Waals surface area contributed by atoms with Crippen LogP contribution < -0.4 is 5.32 Å². The number of nitrogens with zero attached hydrogens (tertiary/aromatic N) is 3. The third kappa shape index (κ3) is 2.20. The second-order valence-corrected chi connectivity index (χ2v) is 2.79. The summed E-state index contributed by atoms with van der Waals surface area (Å²) in [4.78, 5) is 2.06. The molecule has 4 heteroatoms. The molecule has 0 radical (unpaired) electrons. The highest BCUT2D eigenvalue weighted by Gasteiger charge is 2.20. The highest BCUT2D eigenvalue weighted by Crippen LogP contribution is 2.02. The number of hydrogen-bond acceptors (Lipinski definition) is 4. The van der Waals surface area contributed by atoms with Crippen molar-refractivity contribution < 1.29 is 0 Å². The van der Waals surface area contributed by atoms with Gasteiger partial charge in [-0.1, -0.05) is 0 Å². The normalized spacial score (nSPS) is 24.3. The minimum Gasteiger partial charge on any atom is -0.313 e. The molecular weight excluding hydrogens is 152 g/mol. The molecule has 0 spiro atoms. The van der Waals surface area contributed by atoms with E-state index in [2.05, 4.69) is 22.4 Å². The number of hydrogen-bond donors (Lipinski definition) is 1. The molecule has 0 aliphatic carbocycles. The predicted octanol–water partition coefficient (Wildman–Crippen LogP) is -0.303. The van der Waals surface area contributed by atoms with E-state index in [1.165, 1.54) is 0 Å². The molecule has 1 aliphatic heterocycles. The number of rotatable bonds is 2. The predicted molar refractivity (Wildman–Crippen MR) is 44.1 cm³/mol. The van der Waals surface area contributed by atoms with Crippen molar-refractivity contribution in [3.63, 3.8) is 0 Å². The summed E-state index contributed by atoms with van der Waals surface area (Å²) in [5.41, 5.74) is 0. The van der Waals surface area contributed by atoms with Crippen LogP contribution in [0.15, 0.2) is 0 Å². The topological polar surface area (TPSA) is 62.9 Å². The molecule has 12 heavy (non-hydrogen) atoms. The zero-order chi connectivity index (χ0) is 8.81. The summed E-state index contributed by atoms with van der Waals surface area (Å²) >= 11 is 0. The van der Waals surface area contributed by atoms with E-state index in [4.69, 9.17) is 10.5 Å². The average Bonchev–Trinajstić information content (AvgIpc) is 2.15. The van der Waals surface area contributed by atoms with Gasteiger partial charge in [0.2, 0.25) is 0 Å². The van der Waals surface area contributed by atoms with Gasteiger partial charge in [0.1, 0.15) is 6.04 Å². The number of nitrogens with one attached hydrogen (secondary N) is 1. The summed E-state index contributed by atoms with van der Waals surface area (Å²) in [6, 6.07) is 4.26. The largest absolute Gasteiger partial charge is 0.313 e. The lowest BCUT2D eigenvalue weighted by Crippen LogP contribution is -2.50. The first-order valence-electron chi connectivity index (χ1n) is 4.10. The minimum absolute atomic E-state index is 0.0490. The monoisotopic (exact) mass is 164 g/mol. The van der Waals surface area contributed by atoms with E-state index in [0.717, 1.165) is 26.2 Å². The van der Waals surface area contributed by atoms with Crippen LogP contribution in [0.4, 0.5) is 0 Å². The average molecular weight is 164 g/mol. The lowest BCUT2D eigenvalue weighted by atomic mass is 10.2. The van der Waals surface area contributed by atoms with E-state index in [-0.39, 0.29) is 6.04 Å². The van der Waals surface area contributed by atoms with Crippen molar-refractivity contribution in [2.75, 3.05) is 26.2 Å². The molecule has 0 bridgehead atoms. The van der Waals surface area contributed by atoms with Crippen LogP contribution >= 0.6 is 0 Å². The molecule has 1 rings (SSSR count). The molecule has 1 aliphatic rings. The van der Waals surface area contributed by atoms with Crippen LogP contribution in [0.5, 0.6) is 0 Å². The summed E-state index contributed by atoms with van der Waals surface area (Å²) < 4.78 is 0. The molecule has 0 aromatic rings. The van der Waals surface area contributed by atoms with Crippen molar-refractivity contribution in [2.45, 2.75) is 12.5 Å². The molecule has 64 valence electrons. The van der Waals surface area contributed by atoms with Crippen molar-refractivity contribution in [3.8, 4) is 12.1 Å². The fraction of sp³-hybridized carbons (Fsp3) is 0.750. The fourth-order valence-corrected chi connectivity index (χ4v) is 1.33. The van der Waals surface area contributed by atoms with Gasteiger partial charge in [0, 0.05) is 32.6 Å². The molecule has 0 aromatic heterocycles. The highest BCUT2D eigenvalue weighted by molar-refractivity contribution is 4.96. The standard InChI is InChI=1S/C8H12N4/c9-2-1-4-12-5-3-11-7-8(12)6-10/h8,11H,1,3-5,7H2. The van der Waals surface area contributed by atoms with E-state index in [1.54, 1.807) is 0 Å². The summed E-state index contributed by atoms with van der Waals surface area (Å²) in [7, 11) is 0. The van der Waals surface area contributed by atoms with Crippen molar-refractivity contribution in [2.24, 2.45) is 0 Å². The van der Waals surface area contributed by atoms with Gasteiger partial charge in [0.05, 0.1) is 12.1 Å². The first-order valence-corrected chi connectivity index (χ1v) is 4.10. The maximum atomic E-state index is 8.75. The molecule has 1 heterocycles. The van der Waals surface area contributed by atoms with E-state index in [1.807, 2.05) is 0 Å². The Morgan fingerprint density at radius 1 is 1.50 bits per heavy atom. The van der Waals surface area contributed by atoms with Crippen LogP contribution in [0.2, 0.25) is 0 Å². The molecule has 1 unspecified atom stereocenters. The summed E-state index contributed by atoms with van der Waals surface area (Å²) in [5.74, 6) is 0. The van der Waals surface area contributed by atoms with Crippen LogP contribution in [-0.2, 0) is 0 Å². The molecule has 1 N–H and O–H groups in total. The zero-order valence-corrected chi connectivity index (χ0v) is 6.95. The first-order chi connectivity index (χ1) is 5.88. The second kappa shape index (κ2) is 4.71. The van der Waals surface area contributed by atoms with Crippen LogP contribution in [0, 0.1) is 22.7 Å². The Morgan fingerprint density at radius 2 is 2.33 bits per heavy atom. The van der Waals surface area contributed by atoms with E-state index in [9.17, 15) is 0 Å². The first kappa shape index (κ1) is 8.99. The van der Waals surface area contributed by atoms with Gasteiger partial charge < -0.3 is 5.32 Å². The molecule has 1 fully saturated rings. The SMILES string of the molecule is N#CCCN1CCNCC1C#N. The molecular formula is C8H12N4. The van der Waals surface area contributed by atoms with E-state index >= 15 is 0 Å². The van der Waals surface area contributed by atoms with Gasteiger partial charge in [-0.3, -0.25) is 4.90 Å². The lowest BCUT2D eigenvalue weighted by Gasteiger charge is -2.30. The van der Waals surface area contributed by atoms with Gasteiger partial charge in [0.15, 0.2) is 0 Å². The molecule has 1 atom stereocenters.